The number of aliphatic hydroxyl groups excluding tert-OH is 1. The van der Waals surface area contributed by atoms with E-state index in [0.29, 0.717) is 6.42 Å². The average molecular weight is 364 g/mol. The summed E-state index contributed by atoms with van der Waals surface area (Å²) in [5.74, 6) is 0. The molecule has 0 amide bonds. The number of aliphatic hydroxyl groups is 1. The lowest BCUT2D eigenvalue weighted by Crippen LogP contribution is -2.02. The number of halogens is 1. The lowest BCUT2D eigenvalue weighted by atomic mass is 9.98. The van der Waals surface area contributed by atoms with E-state index in [0.717, 1.165) is 5.56 Å². The highest BCUT2D eigenvalue weighted by Gasteiger charge is 2.13. The zero-order valence-corrected chi connectivity index (χ0v) is 12.9. The first-order valence-corrected chi connectivity index (χ1v) is 7.84. The Bertz CT molecular complexity index is 574. The van der Waals surface area contributed by atoms with Gasteiger partial charge in [-0.3, -0.25) is 0 Å². The third-order valence-corrected chi connectivity index (χ3v) is 4.57. The van der Waals surface area contributed by atoms with Crippen LogP contribution in [0.15, 0.2) is 42.5 Å². The van der Waals surface area contributed by atoms with Gasteiger partial charge in [-0.15, -0.1) is 0 Å². The second-order valence-corrected chi connectivity index (χ2v) is 6.47. The van der Waals surface area contributed by atoms with Crippen molar-refractivity contribution in [2.75, 3.05) is 0 Å². The first-order valence-electron chi connectivity index (χ1n) is 6.76. The van der Waals surface area contributed by atoms with E-state index in [9.17, 15) is 5.11 Å². The predicted octanol–water partition coefficient (Wildman–Crippen LogP) is 4.06. The molecule has 0 aliphatic heterocycles. The number of hydrogen-bond donors (Lipinski definition) is 1. The maximum Gasteiger partial charge on any atom is 0.0830 e. The van der Waals surface area contributed by atoms with Crippen LogP contribution in [0.2, 0.25) is 0 Å². The van der Waals surface area contributed by atoms with Crippen LogP contribution in [-0.4, -0.2) is 5.11 Å². The fourth-order valence-corrected chi connectivity index (χ4v) is 3.14. The highest BCUT2D eigenvalue weighted by molar-refractivity contribution is 14.1. The van der Waals surface area contributed by atoms with Crippen molar-refractivity contribution >= 4 is 22.6 Å². The second kappa shape index (κ2) is 5.63. The maximum atomic E-state index is 10.3. The summed E-state index contributed by atoms with van der Waals surface area (Å²) in [7, 11) is 0. The number of rotatable bonds is 3. The molecule has 0 bridgehead atoms. The summed E-state index contributed by atoms with van der Waals surface area (Å²) in [6.45, 7) is 0. The third kappa shape index (κ3) is 3.00. The van der Waals surface area contributed by atoms with Gasteiger partial charge in [0.05, 0.1) is 6.10 Å². The Morgan fingerprint density at radius 1 is 1.00 bits per heavy atom. The van der Waals surface area contributed by atoms with Gasteiger partial charge in [0.25, 0.3) is 0 Å². The van der Waals surface area contributed by atoms with E-state index in [1.54, 1.807) is 0 Å². The lowest BCUT2D eigenvalue weighted by molar-refractivity contribution is 0.178. The first-order chi connectivity index (χ1) is 9.22. The van der Waals surface area contributed by atoms with Crippen molar-refractivity contribution in [3.63, 3.8) is 0 Å². The molecule has 0 heterocycles. The van der Waals surface area contributed by atoms with Crippen molar-refractivity contribution in [2.24, 2.45) is 0 Å². The van der Waals surface area contributed by atoms with Crippen LogP contribution >= 0.6 is 22.6 Å². The third-order valence-electron chi connectivity index (χ3n) is 3.85. The Hall–Kier alpha value is -0.870. The van der Waals surface area contributed by atoms with Gasteiger partial charge < -0.3 is 5.11 Å². The molecule has 0 fully saturated rings. The minimum absolute atomic E-state index is 0.406. The Balaban J connectivity index is 1.75. The van der Waals surface area contributed by atoms with Gasteiger partial charge in [-0.05, 0) is 76.2 Å². The van der Waals surface area contributed by atoms with Crippen molar-refractivity contribution in [2.45, 2.75) is 31.8 Å². The van der Waals surface area contributed by atoms with Gasteiger partial charge >= 0.3 is 0 Å². The number of aryl methyl sites for hydroxylation is 2. The van der Waals surface area contributed by atoms with E-state index in [2.05, 4.69) is 40.8 Å². The zero-order chi connectivity index (χ0) is 13.2. The molecule has 2 aromatic carbocycles. The molecule has 1 N–H and O–H groups in total. The molecule has 98 valence electrons. The first kappa shape index (κ1) is 13.1. The van der Waals surface area contributed by atoms with E-state index in [1.807, 2.05) is 24.3 Å². The molecule has 0 aromatic heterocycles. The highest BCUT2D eigenvalue weighted by Crippen LogP contribution is 2.25. The summed E-state index contributed by atoms with van der Waals surface area (Å²) >= 11 is 2.28. The fourth-order valence-electron chi connectivity index (χ4n) is 2.78. The van der Waals surface area contributed by atoms with Gasteiger partial charge in [-0.1, -0.05) is 30.3 Å². The quantitative estimate of drug-likeness (QED) is 0.815. The molecule has 0 spiro atoms. The van der Waals surface area contributed by atoms with Crippen molar-refractivity contribution in [3.8, 4) is 0 Å². The van der Waals surface area contributed by atoms with Crippen LogP contribution < -0.4 is 0 Å². The van der Waals surface area contributed by atoms with Crippen molar-refractivity contribution < 1.29 is 5.11 Å². The molecule has 0 radical (unpaired) electrons. The molecule has 2 heteroatoms. The molecule has 1 aliphatic rings. The molecule has 0 saturated heterocycles. The molecule has 1 aliphatic carbocycles. The number of fused-ring (bicyclic) bond motifs is 1. The van der Waals surface area contributed by atoms with Gasteiger partial charge in [0.15, 0.2) is 0 Å². The molecule has 19 heavy (non-hydrogen) atoms. The van der Waals surface area contributed by atoms with E-state index < -0.39 is 6.10 Å². The van der Waals surface area contributed by atoms with Crippen LogP contribution in [0.4, 0.5) is 0 Å². The Kier molecular flexibility index (Phi) is 3.89. The monoisotopic (exact) mass is 364 g/mol. The van der Waals surface area contributed by atoms with Crippen LogP contribution in [-0.2, 0) is 19.3 Å². The van der Waals surface area contributed by atoms with Gasteiger partial charge in [0.1, 0.15) is 0 Å². The van der Waals surface area contributed by atoms with Crippen molar-refractivity contribution in [1.82, 2.24) is 0 Å². The summed E-state index contributed by atoms with van der Waals surface area (Å²) in [5.41, 5.74) is 5.22. The van der Waals surface area contributed by atoms with Gasteiger partial charge in [0.2, 0.25) is 0 Å². The van der Waals surface area contributed by atoms with Crippen LogP contribution in [0.25, 0.3) is 0 Å². The van der Waals surface area contributed by atoms with Crippen LogP contribution in [0.1, 0.15) is 34.8 Å². The second-order valence-electron chi connectivity index (χ2n) is 5.23. The molecule has 1 atom stereocenters. The molecule has 3 rings (SSSR count). The topological polar surface area (TPSA) is 20.2 Å². The predicted molar refractivity (Wildman–Crippen MR) is 86.3 cm³/mol. The van der Waals surface area contributed by atoms with E-state index >= 15 is 0 Å². The Labute approximate surface area is 127 Å². The summed E-state index contributed by atoms with van der Waals surface area (Å²) in [4.78, 5) is 0. The minimum Gasteiger partial charge on any atom is -0.388 e. The minimum atomic E-state index is -0.406. The van der Waals surface area contributed by atoms with Crippen LogP contribution in [0.5, 0.6) is 0 Å². The summed E-state index contributed by atoms with van der Waals surface area (Å²) in [6, 6.07) is 14.8. The number of hydrogen-bond acceptors (Lipinski definition) is 1. The summed E-state index contributed by atoms with van der Waals surface area (Å²) in [5, 5.41) is 10.3. The van der Waals surface area contributed by atoms with E-state index in [-0.39, 0.29) is 0 Å². The lowest BCUT2D eigenvalue weighted by Gasteiger charge is -2.12. The van der Waals surface area contributed by atoms with E-state index in [4.69, 9.17) is 0 Å². The summed E-state index contributed by atoms with van der Waals surface area (Å²) in [6.07, 6.45) is 3.99. The molecule has 1 unspecified atom stereocenters. The SMILES string of the molecule is OC(Cc1ccc2c(c1)CCC2)c1ccc(I)cc1. The Morgan fingerprint density at radius 3 is 2.53 bits per heavy atom. The molecule has 2 aromatic rings. The van der Waals surface area contributed by atoms with Gasteiger partial charge in [-0.25, -0.2) is 0 Å². The number of benzene rings is 2. The molecule has 0 saturated carbocycles. The van der Waals surface area contributed by atoms with Crippen molar-refractivity contribution in [1.29, 1.82) is 0 Å². The molecular weight excluding hydrogens is 347 g/mol. The summed E-state index contributed by atoms with van der Waals surface area (Å²) < 4.78 is 1.20. The van der Waals surface area contributed by atoms with Gasteiger partial charge in [-0.2, -0.15) is 0 Å². The van der Waals surface area contributed by atoms with E-state index in [1.165, 1.54) is 39.5 Å². The average Bonchev–Trinajstić information content (AvgIpc) is 2.87. The smallest absolute Gasteiger partial charge is 0.0830 e. The normalized spacial score (nSPS) is 15.3. The van der Waals surface area contributed by atoms with Gasteiger partial charge in [0, 0.05) is 9.99 Å². The largest absolute Gasteiger partial charge is 0.388 e. The fraction of sp³-hybridized carbons (Fsp3) is 0.294. The highest BCUT2D eigenvalue weighted by atomic mass is 127. The maximum absolute atomic E-state index is 10.3. The molecule has 1 nitrogen and oxygen atoms in total. The Morgan fingerprint density at radius 2 is 1.74 bits per heavy atom. The molecular formula is C17H17IO. The van der Waals surface area contributed by atoms with Crippen LogP contribution in [0, 0.1) is 3.57 Å². The zero-order valence-electron chi connectivity index (χ0n) is 10.8. The van der Waals surface area contributed by atoms with Crippen molar-refractivity contribution in [3.05, 3.63) is 68.3 Å². The van der Waals surface area contributed by atoms with Crippen LogP contribution in [0.3, 0.4) is 0 Å². The standard InChI is InChI=1S/C17H17IO/c18-16-8-6-14(7-9-16)17(19)11-12-4-5-13-2-1-3-15(13)10-12/h4-10,17,19H,1-3,11H2.